The predicted octanol–water partition coefficient (Wildman–Crippen LogP) is 2.92. The van der Waals surface area contributed by atoms with Gasteiger partial charge >= 0.3 is 19.5 Å². The summed E-state index contributed by atoms with van der Waals surface area (Å²) in [6.07, 6.45) is 0. The summed E-state index contributed by atoms with van der Waals surface area (Å²) in [6, 6.07) is 9.43. The van der Waals surface area contributed by atoms with E-state index in [0.717, 1.165) is 0 Å². The van der Waals surface area contributed by atoms with Gasteiger partial charge in [-0.3, -0.25) is 0 Å². The van der Waals surface area contributed by atoms with Gasteiger partial charge in [-0.1, -0.05) is 20.8 Å². The second-order valence-electron chi connectivity index (χ2n) is 2.96. The van der Waals surface area contributed by atoms with Gasteiger partial charge in [0.2, 0.25) is 0 Å². The molecule has 0 aliphatic heterocycles. The number of rotatable bonds is 1. The molecule has 0 bridgehead atoms. The van der Waals surface area contributed by atoms with Crippen LogP contribution in [0.3, 0.4) is 0 Å². The van der Waals surface area contributed by atoms with Gasteiger partial charge in [-0.05, 0) is 5.92 Å². The summed E-state index contributed by atoms with van der Waals surface area (Å²) < 4.78 is 0. The summed E-state index contributed by atoms with van der Waals surface area (Å²) in [7, 11) is 0. The largest absolute Gasteiger partial charge is 2.00 e. The van der Waals surface area contributed by atoms with E-state index in [1.807, 2.05) is 6.07 Å². The van der Waals surface area contributed by atoms with Crippen LogP contribution in [0.2, 0.25) is 0 Å². The Kier molecular flexibility index (Phi) is 4.60. The molecule has 0 amide bonds. The standard InChI is InChI=1S/C10H13.Ru/c1-8(2)10-6-4-5-9(3)7-10;/h4,6-8H,1-3H3;/q-1;+2. The Bertz CT molecular complexity index is 216. The van der Waals surface area contributed by atoms with E-state index in [2.05, 4.69) is 39.0 Å². The Hall–Kier alpha value is -0.157. The molecule has 11 heavy (non-hydrogen) atoms. The fourth-order valence-electron chi connectivity index (χ4n) is 0.968. The van der Waals surface area contributed by atoms with E-state index in [1.54, 1.807) is 0 Å². The van der Waals surface area contributed by atoms with Gasteiger partial charge in [-0.2, -0.15) is 35.4 Å². The van der Waals surface area contributed by atoms with Crippen LogP contribution in [-0.4, -0.2) is 0 Å². The third-order valence-electron chi connectivity index (χ3n) is 1.64. The molecular weight excluding hydrogens is 221 g/mol. The molecule has 0 nitrogen and oxygen atoms in total. The number of hydrogen-bond donors (Lipinski definition) is 0. The first kappa shape index (κ1) is 10.8. The first-order valence-electron chi connectivity index (χ1n) is 3.68. The van der Waals surface area contributed by atoms with Crippen molar-refractivity contribution in [1.29, 1.82) is 0 Å². The third-order valence-corrected chi connectivity index (χ3v) is 1.64. The van der Waals surface area contributed by atoms with E-state index in [-0.39, 0.29) is 19.5 Å². The van der Waals surface area contributed by atoms with E-state index in [0.29, 0.717) is 5.92 Å². The fraction of sp³-hybridized carbons (Fsp3) is 0.400. The van der Waals surface area contributed by atoms with Crippen LogP contribution in [0, 0.1) is 13.0 Å². The van der Waals surface area contributed by atoms with Crippen LogP contribution < -0.4 is 0 Å². The Morgan fingerprint density at radius 2 is 2.00 bits per heavy atom. The summed E-state index contributed by atoms with van der Waals surface area (Å²) in [4.78, 5) is 0. The molecule has 0 fully saturated rings. The Morgan fingerprint density at radius 3 is 2.36 bits per heavy atom. The maximum absolute atomic E-state index is 3.13. The summed E-state index contributed by atoms with van der Waals surface area (Å²) in [5.74, 6) is 0.633. The molecule has 0 N–H and O–H groups in total. The minimum Gasteiger partial charge on any atom is -0.181 e. The summed E-state index contributed by atoms with van der Waals surface area (Å²) in [5.41, 5.74) is 2.63. The molecule has 0 aliphatic rings. The molecule has 0 unspecified atom stereocenters. The van der Waals surface area contributed by atoms with E-state index >= 15 is 0 Å². The van der Waals surface area contributed by atoms with Gasteiger partial charge in [-0.25, -0.2) is 0 Å². The van der Waals surface area contributed by atoms with Crippen molar-refractivity contribution < 1.29 is 19.5 Å². The second kappa shape index (κ2) is 4.67. The van der Waals surface area contributed by atoms with Crippen molar-refractivity contribution in [2.75, 3.05) is 0 Å². The van der Waals surface area contributed by atoms with Crippen LogP contribution >= 0.6 is 0 Å². The zero-order valence-corrected chi connectivity index (χ0v) is 8.90. The normalized spacial score (nSPS) is 9.45. The van der Waals surface area contributed by atoms with Crippen molar-refractivity contribution in [3.05, 3.63) is 35.4 Å². The molecule has 1 heteroatoms. The second-order valence-corrected chi connectivity index (χ2v) is 2.96. The van der Waals surface area contributed by atoms with Crippen LogP contribution in [0.15, 0.2) is 18.2 Å². The van der Waals surface area contributed by atoms with Crippen molar-refractivity contribution in [3.63, 3.8) is 0 Å². The van der Waals surface area contributed by atoms with Gasteiger partial charge < -0.3 is 0 Å². The van der Waals surface area contributed by atoms with Crippen LogP contribution in [0.1, 0.15) is 30.9 Å². The topological polar surface area (TPSA) is 0 Å². The van der Waals surface area contributed by atoms with E-state index in [1.165, 1.54) is 11.1 Å². The zero-order chi connectivity index (χ0) is 7.56. The quantitative estimate of drug-likeness (QED) is 0.517. The van der Waals surface area contributed by atoms with Crippen molar-refractivity contribution in [2.45, 2.75) is 26.7 Å². The average Bonchev–Trinajstić information content (AvgIpc) is 1.88. The van der Waals surface area contributed by atoms with Crippen LogP contribution in [-0.2, 0) is 19.5 Å². The van der Waals surface area contributed by atoms with Gasteiger partial charge in [0.1, 0.15) is 0 Å². The molecule has 60 valence electrons. The van der Waals surface area contributed by atoms with E-state index < -0.39 is 0 Å². The molecule has 0 heterocycles. The third kappa shape index (κ3) is 3.16. The molecule has 0 spiro atoms. The molecule has 0 aliphatic carbocycles. The van der Waals surface area contributed by atoms with Gasteiger partial charge in [0, 0.05) is 0 Å². The van der Waals surface area contributed by atoms with E-state index in [9.17, 15) is 0 Å². The van der Waals surface area contributed by atoms with Gasteiger partial charge in [0.25, 0.3) is 0 Å². The van der Waals surface area contributed by atoms with Gasteiger partial charge in [0.15, 0.2) is 0 Å². The summed E-state index contributed by atoms with van der Waals surface area (Å²) >= 11 is 0. The number of hydrogen-bond acceptors (Lipinski definition) is 0. The zero-order valence-electron chi connectivity index (χ0n) is 7.16. The van der Waals surface area contributed by atoms with Crippen LogP contribution in [0.4, 0.5) is 0 Å². The Labute approximate surface area is 81.8 Å². The van der Waals surface area contributed by atoms with Gasteiger partial charge in [0.05, 0.1) is 0 Å². The summed E-state index contributed by atoms with van der Waals surface area (Å²) in [5, 5.41) is 0. The molecule has 0 aromatic heterocycles. The maximum atomic E-state index is 3.13. The average molecular weight is 234 g/mol. The summed E-state index contributed by atoms with van der Waals surface area (Å²) in [6.45, 7) is 6.48. The van der Waals surface area contributed by atoms with E-state index in [4.69, 9.17) is 0 Å². The molecule has 0 saturated carbocycles. The molecule has 0 radical (unpaired) electrons. The molecule has 1 aromatic rings. The SMILES string of the molecule is Cc1[c-]ccc(C(C)C)c1.[Ru+2]. The number of benzene rings is 1. The molecule has 1 aromatic carbocycles. The number of aryl methyl sites for hydroxylation is 1. The predicted molar refractivity (Wildman–Crippen MR) is 44.1 cm³/mol. The first-order valence-corrected chi connectivity index (χ1v) is 3.68. The molecule has 0 atom stereocenters. The molecule has 0 saturated heterocycles. The smallest absolute Gasteiger partial charge is 0.181 e. The Balaban J connectivity index is 0.000001000. The maximum Gasteiger partial charge on any atom is 2.00 e. The van der Waals surface area contributed by atoms with Gasteiger partial charge in [-0.15, -0.1) is 0 Å². The van der Waals surface area contributed by atoms with Crippen LogP contribution in [0.25, 0.3) is 0 Å². The van der Waals surface area contributed by atoms with Crippen LogP contribution in [0.5, 0.6) is 0 Å². The molecular formula is C10H13Ru+. The minimum absolute atomic E-state index is 0. The Morgan fingerprint density at radius 1 is 1.36 bits per heavy atom. The molecule has 1 rings (SSSR count). The first-order chi connectivity index (χ1) is 4.70. The van der Waals surface area contributed by atoms with Crippen molar-refractivity contribution in [1.82, 2.24) is 0 Å². The van der Waals surface area contributed by atoms with Crippen molar-refractivity contribution in [3.8, 4) is 0 Å². The monoisotopic (exact) mass is 235 g/mol. The van der Waals surface area contributed by atoms with Crippen molar-refractivity contribution in [2.24, 2.45) is 0 Å². The fourth-order valence-corrected chi connectivity index (χ4v) is 0.968. The minimum atomic E-state index is 0. The van der Waals surface area contributed by atoms with Crippen molar-refractivity contribution >= 4 is 0 Å².